The first-order valence-corrected chi connectivity index (χ1v) is 9.44. The number of aromatic nitrogens is 1. The number of halogens is 1. The zero-order valence-corrected chi connectivity index (χ0v) is 15.9. The molecule has 6 heteroatoms. The second kappa shape index (κ2) is 7.80. The molecular formula is C19H16BrNO3S. The number of hydrogen-bond donors (Lipinski definition) is 1. The van der Waals surface area contributed by atoms with E-state index in [-0.39, 0.29) is 12.3 Å². The van der Waals surface area contributed by atoms with Crippen molar-refractivity contribution in [1.29, 1.82) is 0 Å². The fourth-order valence-electron chi connectivity index (χ4n) is 2.57. The molecule has 4 nitrogen and oxygen atoms in total. The van der Waals surface area contributed by atoms with E-state index in [4.69, 9.17) is 9.84 Å². The lowest BCUT2D eigenvalue weighted by Gasteiger charge is -2.15. The molecule has 0 atom stereocenters. The average molecular weight is 418 g/mol. The third-order valence-electron chi connectivity index (χ3n) is 3.77. The quantitative estimate of drug-likeness (QED) is 0.582. The number of nitrogens with zero attached hydrogens (tertiary/aromatic N) is 1. The summed E-state index contributed by atoms with van der Waals surface area (Å²) in [4.78, 5) is 15.0. The summed E-state index contributed by atoms with van der Waals surface area (Å²) in [7, 11) is 0. The van der Waals surface area contributed by atoms with Crippen molar-refractivity contribution in [2.75, 3.05) is 0 Å². The molecule has 0 unspecified atom stereocenters. The van der Waals surface area contributed by atoms with Gasteiger partial charge in [0.25, 0.3) is 0 Å². The Bertz CT molecular complexity index is 907. The summed E-state index contributed by atoms with van der Waals surface area (Å²) in [5.74, 6) is -0.295. The fourth-order valence-corrected chi connectivity index (χ4v) is 3.73. The van der Waals surface area contributed by atoms with E-state index in [1.165, 1.54) is 22.3 Å². The van der Waals surface area contributed by atoms with Gasteiger partial charge in [0, 0.05) is 10.9 Å². The summed E-state index contributed by atoms with van der Waals surface area (Å²) < 4.78 is 6.86. The van der Waals surface area contributed by atoms with Gasteiger partial charge in [-0.1, -0.05) is 43.3 Å². The maximum absolute atomic E-state index is 10.9. The van der Waals surface area contributed by atoms with Crippen molar-refractivity contribution in [1.82, 2.24) is 4.98 Å². The SMILES string of the molecule is CCc1ccccc1-c1cccc(Br)c1OCc1nc(C(=O)O)cs1. The van der Waals surface area contributed by atoms with Crippen LogP contribution in [0.25, 0.3) is 11.1 Å². The van der Waals surface area contributed by atoms with Crippen LogP contribution in [0, 0.1) is 0 Å². The molecule has 128 valence electrons. The third kappa shape index (κ3) is 3.91. The maximum Gasteiger partial charge on any atom is 0.355 e. The van der Waals surface area contributed by atoms with Gasteiger partial charge in [-0.2, -0.15) is 0 Å². The summed E-state index contributed by atoms with van der Waals surface area (Å²) >= 11 is 4.84. The van der Waals surface area contributed by atoms with E-state index in [9.17, 15) is 4.79 Å². The van der Waals surface area contributed by atoms with Crippen LogP contribution >= 0.6 is 27.3 Å². The summed E-state index contributed by atoms with van der Waals surface area (Å²) in [6, 6.07) is 14.2. The zero-order chi connectivity index (χ0) is 17.8. The highest BCUT2D eigenvalue weighted by Gasteiger charge is 2.14. The Kier molecular flexibility index (Phi) is 5.50. The highest BCUT2D eigenvalue weighted by Crippen LogP contribution is 2.38. The monoisotopic (exact) mass is 417 g/mol. The first-order chi connectivity index (χ1) is 12.1. The van der Waals surface area contributed by atoms with E-state index in [1.54, 1.807) is 0 Å². The van der Waals surface area contributed by atoms with Crippen LogP contribution < -0.4 is 4.74 Å². The van der Waals surface area contributed by atoms with Crippen LogP contribution in [-0.2, 0) is 13.0 Å². The topological polar surface area (TPSA) is 59.4 Å². The number of carboxylic acid groups (broad SMARTS) is 1. The number of aromatic carboxylic acids is 1. The van der Waals surface area contributed by atoms with Gasteiger partial charge in [-0.15, -0.1) is 11.3 Å². The molecule has 0 amide bonds. The van der Waals surface area contributed by atoms with Gasteiger partial charge in [-0.05, 0) is 39.5 Å². The minimum absolute atomic E-state index is 0.0484. The van der Waals surface area contributed by atoms with Crippen molar-refractivity contribution < 1.29 is 14.6 Å². The number of para-hydroxylation sites is 1. The highest BCUT2D eigenvalue weighted by molar-refractivity contribution is 9.10. The van der Waals surface area contributed by atoms with Crippen LogP contribution in [0.3, 0.4) is 0 Å². The van der Waals surface area contributed by atoms with Gasteiger partial charge in [-0.25, -0.2) is 9.78 Å². The highest BCUT2D eigenvalue weighted by atomic mass is 79.9. The number of carboxylic acids is 1. The van der Waals surface area contributed by atoms with Crippen LogP contribution in [0.5, 0.6) is 5.75 Å². The minimum Gasteiger partial charge on any atom is -0.485 e. The van der Waals surface area contributed by atoms with Gasteiger partial charge in [0.2, 0.25) is 0 Å². The van der Waals surface area contributed by atoms with Crippen molar-refractivity contribution in [3.8, 4) is 16.9 Å². The van der Waals surface area contributed by atoms with Gasteiger partial charge in [0.1, 0.15) is 17.4 Å². The zero-order valence-electron chi connectivity index (χ0n) is 13.5. The Morgan fingerprint density at radius 3 is 2.68 bits per heavy atom. The molecule has 25 heavy (non-hydrogen) atoms. The number of carbonyl (C=O) groups is 1. The van der Waals surface area contributed by atoms with E-state index in [0.29, 0.717) is 5.01 Å². The fraction of sp³-hybridized carbons (Fsp3) is 0.158. The van der Waals surface area contributed by atoms with Crippen molar-refractivity contribution in [2.45, 2.75) is 20.0 Å². The molecule has 0 spiro atoms. The van der Waals surface area contributed by atoms with Crippen LogP contribution in [0.4, 0.5) is 0 Å². The Morgan fingerprint density at radius 2 is 1.96 bits per heavy atom. The average Bonchev–Trinajstić information content (AvgIpc) is 3.10. The first-order valence-electron chi connectivity index (χ1n) is 7.77. The summed E-state index contributed by atoms with van der Waals surface area (Å²) in [5, 5.41) is 11.1. The van der Waals surface area contributed by atoms with E-state index in [1.807, 2.05) is 30.3 Å². The van der Waals surface area contributed by atoms with Gasteiger partial charge in [0.05, 0.1) is 4.47 Å². The van der Waals surface area contributed by atoms with Crippen LogP contribution in [0.15, 0.2) is 52.3 Å². The Morgan fingerprint density at radius 1 is 1.20 bits per heavy atom. The molecule has 0 aliphatic rings. The first kappa shape index (κ1) is 17.6. The lowest BCUT2D eigenvalue weighted by atomic mass is 9.97. The van der Waals surface area contributed by atoms with Crippen LogP contribution in [-0.4, -0.2) is 16.1 Å². The normalized spacial score (nSPS) is 10.6. The Hall–Kier alpha value is -2.18. The molecule has 2 aromatic carbocycles. The van der Waals surface area contributed by atoms with E-state index in [2.05, 4.69) is 40.0 Å². The smallest absolute Gasteiger partial charge is 0.355 e. The third-order valence-corrected chi connectivity index (χ3v) is 5.21. The second-order valence-electron chi connectivity index (χ2n) is 5.35. The molecule has 1 N–H and O–H groups in total. The number of ether oxygens (including phenoxy) is 1. The van der Waals surface area contributed by atoms with Crippen molar-refractivity contribution in [2.24, 2.45) is 0 Å². The summed E-state index contributed by atoms with van der Waals surface area (Å²) in [6.45, 7) is 2.35. The van der Waals surface area contributed by atoms with Crippen LogP contribution in [0.1, 0.15) is 28.0 Å². The summed E-state index contributed by atoms with van der Waals surface area (Å²) in [5.41, 5.74) is 3.42. The predicted octanol–water partition coefficient (Wildman–Crippen LogP) is 5.41. The molecule has 0 aliphatic carbocycles. The minimum atomic E-state index is -1.03. The second-order valence-corrected chi connectivity index (χ2v) is 7.14. The molecular weight excluding hydrogens is 402 g/mol. The van der Waals surface area contributed by atoms with Gasteiger partial charge < -0.3 is 9.84 Å². The number of hydrogen-bond acceptors (Lipinski definition) is 4. The molecule has 3 aromatic rings. The molecule has 0 saturated carbocycles. The number of rotatable bonds is 6. The Labute approximate surface area is 158 Å². The molecule has 0 radical (unpaired) electrons. The lowest BCUT2D eigenvalue weighted by Crippen LogP contribution is -2.01. The standard InChI is InChI=1S/C19H16BrNO3S/c1-2-12-6-3-4-7-13(12)14-8-5-9-15(20)18(14)24-10-17-21-16(11-25-17)19(22)23/h3-9,11H,2,10H2,1H3,(H,22,23). The summed E-state index contributed by atoms with van der Waals surface area (Å²) in [6.07, 6.45) is 0.927. The molecule has 1 heterocycles. The Balaban J connectivity index is 1.92. The number of benzene rings is 2. The predicted molar refractivity (Wildman–Crippen MR) is 102 cm³/mol. The largest absolute Gasteiger partial charge is 0.485 e. The van der Waals surface area contributed by atoms with Gasteiger partial charge >= 0.3 is 5.97 Å². The van der Waals surface area contributed by atoms with Crippen molar-refractivity contribution >= 4 is 33.2 Å². The van der Waals surface area contributed by atoms with Crippen molar-refractivity contribution in [3.63, 3.8) is 0 Å². The molecule has 3 rings (SSSR count). The number of thiazole rings is 1. The lowest BCUT2D eigenvalue weighted by molar-refractivity contribution is 0.0691. The molecule has 1 aromatic heterocycles. The molecule has 0 fully saturated rings. The molecule has 0 saturated heterocycles. The van der Waals surface area contributed by atoms with E-state index < -0.39 is 5.97 Å². The van der Waals surface area contributed by atoms with Crippen molar-refractivity contribution in [3.05, 3.63) is 68.6 Å². The van der Waals surface area contributed by atoms with Gasteiger partial charge in [-0.3, -0.25) is 0 Å². The maximum atomic E-state index is 10.9. The van der Waals surface area contributed by atoms with Gasteiger partial charge in [0.15, 0.2) is 5.69 Å². The van der Waals surface area contributed by atoms with Crippen LogP contribution in [0.2, 0.25) is 0 Å². The van der Waals surface area contributed by atoms with E-state index in [0.717, 1.165) is 27.8 Å². The molecule has 0 aliphatic heterocycles. The molecule has 0 bridgehead atoms. The number of aryl methyl sites for hydroxylation is 1. The van der Waals surface area contributed by atoms with E-state index >= 15 is 0 Å².